The van der Waals surface area contributed by atoms with Gasteiger partial charge in [0.2, 0.25) is 0 Å². The van der Waals surface area contributed by atoms with E-state index in [1.54, 1.807) is 12.4 Å². The maximum absolute atomic E-state index is 6.52. The van der Waals surface area contributed by atoms with E-state index >= 15 is 0 Å². The SMILES string of the molecule is C=C(N=N/C(=C(\C)c1ccccc1)c1ccc2c(c1)C1(c3ccccc3Oc3ccccc31)c1ccccc1-2)c1cccnc1. The first-order valence-electron chi connectivity index (χ1n) is 15.1. The van der Waals surface area contributed by atoms with E-state index in [4.69, 9.17) is 9.85 Å². The van der Waals surface area contributed by atoms with Gasteiger partial charge in [0.25, 0.3) is 0 Å². The van der Waals surface area contributed by atoms with Crippen molar-refractivity contribution in [3.8, 4) is 22.6 Å². The molecule has 0 radical (unpaired) electrons. The third-order valence-electron chi connectivity index (χ3n) is 8.95. The molecule has 0 fully saturated rings. The van der Waals surface area contributed by atoms with Gasteiger partial charge >= 0.3 is 0 Å². The lowest BCUT2D eigenvalue weighted by molar-refractivity contribution is 0.436. The molecule has 4 heteroatoms. The quantitative estimate of drug-likeness (QED) is 0.150. The third kappa shape index (κ3) is 4.18. The summed E-state index contributed by atoms with van der Waals surface area (Å²) < 4.78 is 6.52. The van der Waals surface area contributed by atoms with Crippen LogP contribution in [0, 0.1) is 0 Å². The smallest absolute Gasteiger partial charge is 0.132 e. The van der Waals surface area contributed by atoms with Crippen molar-refractivity contribution in [1.82, 2.24) is 4.98 Å². The molecule has 2 aliphatic rings. The fraction of sp³-hybridized carbons (Fsp3) is 0.0488. The molecule has 0 atom stereocenters. The van der Waals surface area contributed by atoms with Crippen molar-refractivity contribution >= 4 is 17.0 Å². The summed E-state index contributed by atoms with van der Waals surface area (Å²) in [5.41, 5.74) is 11.8. The summed E-state index contributed by atoms with van der Waals surface area (Å²) in [6.45, 7) is 6.29. The summed E-state index contributed by atoms with van der Waals surface area (Å²) in [5.74, 6) is 1.74. The molecular formula is C41H29N3O. The fourth-order valence-corrected chi connectivity index (χ4v) is 6.88. The van der Waals surface area contributed by atoms with Crippen LogP contribution in [-0.2, 0) is 5.41 Å². The van der Waals surface area contributed by atoms with Crippen LogP contribution in [0.4, 0.5) is 0 Å². The monoisotopic (exact) mass is 579 g/mol. The molecule has 0 unspecified atom stereocenters. The summed E-state index contributed by atoms with van der Waals surface area (Å²) in [5, 5.41) is 9.54. The van der Waals surface area contributed by atoms with Crippen molar-refractivity contribution in [3.63, 3.8) is 0 Å². The van der Waals surface area contributed by atoms with Crippen molar-refractivity contribution in [3.05, 3.63) is 191 Å². The number of azo groups is 1. The molecule has 0 bridgehead atoms. The molecular weight excluding hydrogens is 550 g/mol. The van der Waals surface area contributed by atoms with Crippen LogP contribution in [-0.4, -0.2) is 4.98 Å². The van der Waals surface area contributed by atoms with Crippen LogP contribution in [0.1, 0.15) is 45.9 Å². The van der Waals surface area contributed by atoms with Gasteiger partial charge in [0.05, 0.1) is 16.8 Å². The minimum absolute atomic E-state index is 0.554. The highest BCUT2D eigenvalue weighted by Gasteiger charge is 2.51. The fourth-order valence-electron chi connectivity index (χ4n) is 6.88. The number of allylic oxidation sites excluding steroid dienone is 1. The van der Waals surface area contributed by atoms with Crippen LogP contribution < -0.4 is 4.74 Å². The number of hydrogen-bond acceptors (Lipinski definition) is 4. The Morgan fingerprint density at radius 2 is 1.22 bits per heavy atom. The van der Waals surface area contributed by atoms with Gasteiger partial charge in [0, 0.05) is 34.6 Å². The van der Waals surface area contributed by atoms with Crippen LogP contribution >= 0.6 is 0 Å². The van der Waals surface area contributed by atoms with Crippen LogP contribution in [0.2, 0.25) is 0 Å². The number of nitrogens with zero attached hydrogens (tertiary/aromatic N) is 3. The van der Waals surface area contributed by atoms with Crippen LogP contribution in [0.5, 0.6) is 11.5 Å². The highest BCUT2D eigenvalue weighted by atomic mass is 16.5. The zero-order valence-electron chi connectivity index (χ0n) is 24.8. The molecule has 0 saturated carbocycles. The molecule has 0 N–H and O–H groups in total. The number of fused-ring (bicyclic) bond motifs is 9. The Bertz CT molecular complexity index is 2120. The highest BCUT2D eigenvalue weighted by Crippen LogP contribution is 2.62. The van der Waals surface area contributed by atoms with Crippen LogP contribution in [0.25, 0.3) is 28.1 Å². The van der Waals surface area contributed by atoms with Gasteiger partial charge in [-0.3, -0.25) is 4.98 Å². The van der Waals surface area contributed by atoms with E-state index in [1.807, 2.05) is 42.5 Å². The van der Waals surface area contributed by atoms with Crippen molar-refractivity contribution < 1.29 is 4.74 Å². The van der Waals surface area contributed by atoms with Gasteiger partial charge in [-0.25, -0.2) is 0 Å². The Labute approximate surface area is 262 Å². The number of para-hydroxylation sites is 2. The molecule has 45 heavy (non-hydrogen) atoms. The van der Waals surface area contributed by atoms with Gasteiger partial charge in [-0.15, -0.1) is 5.11 Å². The van der Waals surface area contributed by atoms with Gasteiger partial charge in [0.1, 0.15) is 11.5 Å². The van der Waals surface area contributed by atoms with E-state index in [0.29, 0.717) is 5.70 Å². The van der Waals surface area contributed by atoms with E-state index in [1.165, 1.54) is 22.3 Å². The summed E-state index contributed by atoms with van der Waals surface area (Å²) in [6, 6.07) is 46.4. The second-order valence-electron chi connectivity index (χ2n) is 11.4. The third-order valence-corrected chi connectivity index (χ3v) is 8.95. The Kier molecular flexibility index (Phi) is 6.35. The maximum Gasteiger partial charge on any atom is 0.132 e. The normalized spacial score (nSPS) is 14.2. The topological polar surface area (TPSA) is 46.8 Å². The number of hydrogen-bond donors (Lipinski definition) is 0. The predicted octanol–water partition coefficient (Wildman–Crippen LogP) is 10.6. The number of aromatic nitrogens is 1. The maximum atomic E-state index is 6.52. The molecule has 0 amide bonds. The Balaban J connectivity index is 1.39. The Hall–Kier alpha value is -5.87. The minimum atomic E-state index is -0.560. The van der Waals surface area contributed by atoms with Gasteiger partial charge < -0.3 is 4.74 Å². The van der Waals surface area contributed by atoms with Crippen molar-refractivity contribution in [2.75, 3.05) is 0 Å². The number of ether oxygens (including phenoxy) is 1. The molecule has 4 nitrogen and oxygen atoms in total. The summed E-state index contributed by atoms with van der Waals surface area (Å²) >= 11 is 0. The van der Waals surface area contributed by atoms with Crippen LogP contribution in [0.3, 0.4) is 0 Å². The minimum Gasteiger partial charge on any atom is -0.457 e. The van der Waals surface area contributed by atoms with Gasteiger partial charge in [-0.05, 0) is 70.6 Å². The molecule has 1 aliphatic heterocycles. The molecule has 1 aromatic heterocycles. The second-order valence-corrected chi connectivity index (χ2v) is 11.4. The first-order valence-corrected chi connectivity index (χ1v) is 15.1. The lowest BCUT2D eigenvalue weighted by Crippen LogP contribution is -2.32. The van der Waals surface area contributed by atoms with E-state index in [2.05, 4.69) is 115 Å². The van der Waals surface area contributed by atoms with E-state index in [0.717, 1.165) is 50.6 Å². The molecule has 2 heterocycles. The average Bonchev–Trinajstić information content (AvgIpc) is 3.39. The Morgan fingerprint density at radius 1 is 0.600 bits per heavy atom. The highest BCUT2D eigenvalue weighted by molar-refractivity contribution is 5.93. The number of rotatable bonds is 5. The lowest BCUT2D eigenvalue weighted by Gasteiger charge is -2.39. The Morgan fingerprint density at radius 3 is 1.93 bits per heavy atom. The lowest BCUT2D eigenvalue weighted by atomic mass is 9.66. The van der Waals surface area contributed by atoms with Gasteiger partial charge in [-0.2, -0.15) is 5.11 Å². The van der Waals surface area contributed by atoms with Crippen molar-refractivity contribution in [1.29, 1.82) is 0 Å². The molecule has 214 valence electrons. The van der Waals surface area contributed by atoms with Crippen molar-refractivity contribution in [2.24, 2.45) is 10.2 Å². The first-order chi connectivity index (χ1) is 22.2. The predicted molar refractivity (Wildman–Crippen MR) is 181 cm³/mol. The van der Waals surface area contributed by atoms with E-state index in [-0.39, 0.29) is 0 Å². The molecule has 0 saturated heterocycles. The molecule has 6 aromatic rings. The number of benzene rings is 5. The second kappa shape index (κ2) is 10.7. The molecule has 5 aromatic carbocycles. The standard InChI is InChI=1S/C41H29N3O/c1-27(29-13-4-3-5-14-29)40(44-43-28(2)31-15-12-24-42-26-31)30-22-23-33-32-16-6-7-17-34(32)41(37(33)25-30)35-18-8-10-20-38(35)45-39-21-11-9-19-36(39)41/h3-26H,2H2,1H3/b40-27+,44-43?. The summed E-state index contributed by atoms with van der Waals surface area (Å²) in [4.78, 5) is 4.23. The van der Waals surface area contributed by atoms with E-state index in [9.17, 15) is 0 Å². The molecule has 1 aliphatic carbocycles. The van der Waals surface area contributed by atoms with Gasteiger partial charge in [-0.1, -0.05) is 110 Å². The average molecular weight is 580 g/mol. The van der Waals surface area contributed by atoms with Gasteiger partial charge in [0.15, 0.2) is 0 Å². The molecule has 1 spiro atoms. The largest absolute Gasteiger partial charge is 0.457 e. The van der Waals surface area contributed by atoms with Crippen molar-refractivity contribution in [2.45, 2.75) is 12.3 Å². The molecule has 8 rings (SSSR count). The first kappa shape index (κ1) is 26.7. The number of pyridine rings is 1. The zero-order chi connectivity index (χ0) is 30.4. The van der Waals surface area contributed by atoms with E-state index < -0.39 is 5.41 Å². The van der Waals surface area contributed by atoms with Crippen LogP contribution in [0.15, 0.2) is 163 Å². The zero-order valence-corrected chi connectivity index (χ0v) is 24.8. The summed E-state index contributed by atoms with van der Waals surface area (Å²) in [6.07, 6.45) is 3.50. The summed E-state index contributed by atoms with van der Waals surface area (Å²) in [7, 11) is 0.